The van der Waals surface area contributed by atoms with Crippen molar-refractivity contribution < 1.29 is 0 Å². The van der Waals surface area contributed by atoms with E-state index in [2.05, 4.69) is 33.8 Å². The lowest BCUT2D eigenvalue weighted by atomic mass is 9.56. The minimum absolute atomic E-state index is 0.560. The van der Waals surface area contributed by atoms with Crippen molar-refractivity contribution in [2.24, 2.45) is 28.6 Å². The third-order valence-corrected chi connectivity index (χ3v) is 6.30. The number of rotatable bonds is 1. The summed E-state index contributed by atoms with van der Waals surface area (Å²) in [6.07, 6.45) is 8.49. The van der Waals surface area contributed by atoms with E-state index in [0.717, 1.165) is 17.8 Å². The molecule has 0 spiro atoms. The first-order valence-electron chi connectivity index (χ1n) is 6.70. The van der Waals surface area contributed by atoms with Crippen LogP contribution in [0.4, 0.5) is 0 Å². The maximum absolute atomic E-state index is 2.59. The SMILES string of the molecule is CC(C)C1=CC[C@]2(C)[C@@H]3CC[C@H](C3)[C@]12C. The maximum Gasteiger partial charge on any atom is -0.00261 e. The second-order valence-electron chi connectivity index (χ2n) is 6.85. The Morgan fingerprint density at radius 3 is 2.53 bits per heavy atom. The van der Waals surface area contributed by atoms with E-state index in [1.165, 1.54) is 25.7 Å². The standard InChI is InChI=1S/C15H24/c1-10(2)13-7-8-14(3)11-5-6-12(9-11)15(13,14)4/h7,10-12H,5-6,8-9H2,1-4H3/t11-,12-,14-,15-/m1/s1. The van der Waals surface area contributed by atoms with Crippen molar-refractivity contribution in [1.82, 2.24) is 0 Å². The molecule has 0 heterocycles. The van der Waals surface area contributed by atoms with E-state index >= 15 is 0 Å². The Hall–Kier alpha value is -0.260. The average Bonchev–Trinajstić information content (AvgIpc) is 2.75. The molecule has 0 saturated heterocycles. The van der Waals surface area contributed by atoms with Gasteiger partial charge in [0.2, 0.25) is 0 Å². The summed E-state index contributed by atoms with van der Waals surface area (Å²) in [6, 6.07) is 0. The molecule has 2 fully saturated rings. The first-order chi connectivity index (χ1) is 7.00. The molecule has 0 aromatic carbocycles. The molecule has 0 aromatic heterocycles. The van der Waals surface area contributed by atoms with Crippen LogP contribution in [0.5, 0.6) is 0 Å². The van der Waals surface area contributed by atoms with Crippen LogP contribution in [0.15, 0.2) is 11.6 Å². The summed E-state index contributed by atoms with van der Waals surface area (Å²) in [7, 11) is 0. The maximum atomic E-state index is 2.59. The van der Waals surface area contributed by atoms with Crippen LogP contribution in [0.1, 0.15) is 53.4 Å². The molecule has 4 atom stereocenters. The smallest absolute Gasteiger partial charge is 0.00261 e. The van der Waals surface area contributed by atoms with E-state index in [9.17, 15) is 0 Å². The van der Waals surface area contributed by atoms with E-state index < -0.39 is 0 Å². The van der Waals surface area contributed by atoms with Gasteiger partial charge in [-0.25, -0.2) is 0 Å². The van der Waals surface area contributed by atoms with Crippen molar-refractivity contribution >= 4 is 0 Å². The zero-order chi connectivity index (χ0) is 10.8. The van der Waals surface area contributed by atoms with Gasteiger partial charge in [-0.2, -0.15) is 0 Å². The summed E-state index contributed by atoms with van der Waals surface area (Å²) in [5.41, 5.74) is 2.97. The molecular weight excluding hydrogens is 180 g/mol. The largest absolute Gasteiger partial charge is 0.0839 e. The topological polar surface area (TPSA) is 0 Å². The van der Waals surface area contributed by atoms with Gasteiger partial charge < -0.3 is 0 Å². The van der Waals surface area contributed by atoms with Crippen molar-refractivity contribution in [3.05, 3.63) is 11.6 Å². The molecule has 0 aromatic rings. The fourth-order valence-electron chi connectivity index (χ4n) is 5.29. The molecular formula is C15H24. The van der Waals surface area contributed by atoms with Crippen LogP contribution in [-0.2, 0) is 0 Å². The number of allylic oxidation sites excluding steroid dienone is 2. The third-order valence-electron chi connectivity index (χ3n) is 6.30. The molecule has 3 rings (SSSR count). The van der Waals surface area contributed by atoms with Crippen LogP contribution in [0.25, 0.3) is 0 Å². The minimum atomic E-state index is 0.560. The van der Waals surface area contributed by atoms with E-state index in [0.29, 0.717) is 10.8 Å². The van der Waals surface area contributed by atoms with Crippen LogP contribution in [0.3, 0.4) is 0 Å². The van der Waals surface area contributed by atoms with Gasteiger partial charge in [0, 0.05) is 0 Å². The molecule has 0 N–H and O–H groups in total. The van der Waals surface area contributed by atoms with Gasteiger partial charge >= 0.3 is 0 Å². The van der Waals surface area contributed by atoms with Crippen LogP contribution >= 0.6 is 0 Å². The van der Waals surface area contributed by atoms with E-state index in [1.807, 2.05) is 0 Å². The lowest BCUT2D eigenvalue weighted by molar-refractivity contribution is 0.0509. The molecule has 0 heteroatoms. The molecule has 0 aliphatic heterocycles. The highest BCUT2D eigenvalue weighted by Crippen LogP contribution is 2.73. The lowest BCUT2D eigenvalue weighted by Crippen LogP contribution is -2.41. The molecule has 2 saturated carbocycles. The van der Waals surface area contributed by atoms with Gasteiger partial charge in [-0.05, 0) is 54.3 Å². The van der Waals surface area contributed by atoms with Crippen molar-refractivity contribution in [3.8, 4) is 0 Å². The van der Waals surface area contributed by atoms with Crippen LogP contribution < -0.4 is 0 Å². The summed E-state index contributed by atoms with van der Waals surface area (Å²) in [5.74, 6) is 2.79. The van der Waals surface area contributed by atoms with Crippen LogP contribution in [-0.4, -0.2) is 0 Å². The number of hydrogen-bond acceptors (Lipinski definition) is 0. The quantitative estimate of drug-likeness (QED) is 0.555. The molecule has 0 amide bonds. The molecule has 3 aliphatic carbocycles. The van der Waals surface area contributed by atoms with Gasteiger partial charge in [0.1, 0.15) is 0 Å². The van der Waals surface area contributed by atoms with Crippen LogP contribution in [0, 0.1) is 28.6 Å². The van der Waals surface area contributed by atoms with Gasteiger partial charge in [0.15, 0.2) is 0 Å². The van der Waals surface area contributed by atoms with Crippen LogP contribution in [0.2, 0.25) is 0 Å². The number of fused-ring (bicyclic) bond motifs is 5. The van der Waals surface area contributed by atoms with E-state index in [-0.39, 0.29) is 0 Å². The van der Waals surface area contributed by atoms with E-state index in [1.54, 1.807) is 5.57 Å². The Bertz CT molecular complexity index is 325. The molecule has 0 radical (unpaired) electrons. The Kier molecular flexibility index (Phi) is 1.79. The van der Waals surface area contributed by atoms with E-state index in [4.69, 9.17) is 0 Å². The summed E-state index contributed by atoms with van der Waals surface area (Å²) in [5, 5.41) is 0. The highest BCUT2D eigenvalue weighted by Gasteiger charge is 2.65. The van der Waals surface area contributed by atoms with Gasteiger partial charge in [0.25, 0.3) is 0 Å². The second kappa shape index (κ2) is 2.70. The van der Waals surface area contributed by atoms with Crippen molar-refractivity contribution in [1.29, 1.82) is 0 Å². The lowest BCUT2D eigenvalue weighted by Gasteiger charge is -2.48. The van der Waals surface area contributed by atoms with Crippen molar-refractivity contribution in [2.75, 3.05) is 0 Å². The second-order valence-corrected chi connectivity index (χ2v) is 6.85. The first-order valence-corrected chi connectivity index (χ1v) is 6.70. The number of hydrogen-bond donors (Lipinski definition) is 0. The van der Waals surface area contributed by atoms with Gasteiger partial charge in [-0.1, -0.05) is 39.3 Å². The van der Waals surface area contributed by atoms with Crippen molar-refractivity contribution in [2.45, 2.75) is 53.4 Å². The Labute approximate surface area is 94.1 Å². The zero-order valence-corrected chi connectivity index (χ0v) is 10.6. The minimum Gasteiger partial charge on any atom is -0.0839 e. The predicted molar refractivity (Wildman–Crippen MR) is 64.6 cm³/mol. The Morgan fingerprint density at radius 1 is 1.20 bits per heavy atom. The molecule has 15 heavy (non-hydrogen) atoms. The highest BCUT2D eigenvalue weighted by molar-refractivity contribution is 5.33. The summed E-state index contributed by atoms with van der Waals surface area (Å²) >= 11 is 0. The summed E-state index contributed by atoms with van der Waals surface area (Å²) < 4.78 is 0. The molecule has 2 bridgehead atoms. The normalized spacial score (nSPS) is 52.5. The fraction of sp³-hybridized carbons (Fsp3) is 0.867. The summed E-state index contributed by atoms with van der Waals surface area (Å²) in [6.45, 7) is 9.92. The van der Waals surface area contributed by atoms with Gasteiger partial charge in [-0.15, -0.1) is 0 Å². The molecule has 0 unspecified atom stereocenters. The molecule has 0 nitrogen and oxygen atoms in total. The molecule has 3 aliphatic rings. The van der Waals surface area contributed by atoms with Gasteiger partial charge in [-0.3, -0.25) is 0 Å². The van der Waals surface area contributed by atoms with Crippen molar-refractivity contribution in [3.63, 3.8) is 0 Å². The fourth-order valence-corrected chi connectivity index (χ4v) is 5.29. The Morgan fingerprint density at radius 2 is 1.87 bits per heavy atom. The first kappa shape index (κ1) is 9.93. The monoisotopic (exact) mass is 204 g/mol. The Balaban J connectivity index is 2.07. The zero-order valence-electron chi connectivity index (χ0n) is 10.6. The third kappa shape index (κ3) is 0.905. The molecule has 84 valence electrons. The highest BCUT2D eigenvalue weighted by atomic mass is 14.7. The summed E-state index contributed by atoms with van der Waals surface area (Å²) in [4.78, 5) is 0. The van der Waals surface area contributed by atoms with Gasteiger partial charge in [0.05, 0.1) is 0 Å². The predicted octanol–water partition coefficient (Wildman–Crippen LogP) is 4.42. The average molecular weight is 204 g/mol.